The predicted molar refractivity (Wildman–Crippen MR) is 56.2 cm³/mol. The Labute approximate surface area is 90.4 Å². The van der Waals surface area contributed by atoms with Crippen molar-refractivity contribution in [2.24, 2.45) is 5.92 Å². The lowest BCUT2D eigenvalue weighted by Gasteiger charge is -2.15. The van der Waals surface area contributed by atoms with Gasteiger partial charge in [0.25, 0.3) is 0 Å². The van der Waals surface area contributed by atoms with Gasteiger partial charge in [-0.1, -0.05) is 19.8 Å². The van der Waals surface area contributed by atoms with Gasteiger partial charge >= 0.3 is 5.97 Å². The molecular weight excluding hydrogens is 194 g/mol. The molecule has 1 atom stereocenters. The number of rotatable bonds is 6. The summed E-state index contributed by atoms with van der Waals surface area (Å²) in [4.78, 5) is 22.8. The summed E-state index contributed by atoms with van der Waals surface area (Å²) in [5, 5.41) is 2.75. The topological polar surface area (TPSA) is 55.4 Å². The molecule has 1 saturated carbocycles. The summed E-state index contributed by atoms with van der Waals surface area (Å²) in [6, 6.07) is -0.456. The number of unbranched alkanes of at least 4 members (excludes halogenated alkanes) is 1. The summed E-state index contributed by atoms with van der Waals surface area (Å²) >= 11 is 0. The second-order valence-electron chi connectivity index (χ2n) is 4.00. The molecule has 0 heterocycles. The third-order valence-corrected chi connectivity index (χ3v) is 2.60. The van der Waals surface area contributed by atoms with Crippen molar-refractivity contribution >= 4 is 11.9 Å². The number of carbonyl (C=O) groups is 2. The maximum Gasteiger partial charge on any atom is 0.328 e. The van der Waals surface area contributed by atoms with Crippen LogP contribution in [0.2, 0.25) is 0 Å². The van der Waals surface area contributed by atoms with Crippen molar-refractivity contribution in [3.05, 3.63) is 0 Å². The highest BCUT2D eigenvalue weighted by atomic mass is 16.5. The lowest BCUT2D eigenvalue weighted by Crippen LogP contribution is -2.42. The van der Waals surface area contributed by atoms with Crippen molar-refractivity contribution in [2.45, 2.75) is 45.1 Å². The van der Waals surface area contributed by atoms with Gasteiger partial charge in [0.1, 0.15) is 6.04 Å². The van der Waals surface area contributed by atoms with Crippen molar-refractivity contribution in [3.8, 4) is 0 Å². The molecule has 0 aliphatic heterocycles. The van der Waals surface area contributed by atoms with Crippen molar-refractivity contribution in [1.82, 2.24) is 5.32 Å². The quantitative estimate of drug-likeness (QED) is 0.675. The highest BCUT2D eigenvalue weighted by Crippen LogP contribution is 2.29. The second-order valence-corrected chi connectivity index (χ2v) is 4.00. The molecule has 1 N–H and O–H groups in total. The molecule has 1 aliphatic carbocycles. The van der Waals surface area contributed by atoms with E-state index in [4.69, 9.17) is 0 Å². The maximum absolute atomic E-state index is 11.5. The molecule has 0 aromatic heterocycles. The summed E-state index contributed by atoms with van der Waals surface area (Å²) < 4.78 is 4.66. The van der Waals surface area contributed by atoms with Crippen LogP contribution in [0.25, 0.3) is 0 Å². The van der Waals surface area contributed by atoms with E-state index >= 15 is 0 Å². The minimum absolute atomic E-state index is 0.00139. The van der Waals surface area contributed by atoms with Crippen LogP contribution in [0.3, 0.4) is 0 Å². The number of carbonyl (C=O) groups excluding carboxylic acids is 2. The summed E-state index contributed by atoms with van der Waals surface area (Å²) in [6.07, 6.45) is 4.50. The van der Waals surface area contributed by atoms with E-state index in [0.29, 0.717) is 6.42 Å². The average Bonchev–Trinajstić information content (AvgIpc) is 3.06. The van der Waals surface area contributed by atoms with Crippen LogP contribution in [0.1, 0.15) is 39.0 Å². The van der Waals surface area contributed by atoms with Gasteiger partial charge in [-0.2, -0.15) is 0 Å². The van der Waals surface area contributed by atoms with Crippen LogP contribution in [-0.4, -0.2) is 25.0 Å². The highest BCUT2D eigenvalue weighted by molar-refractivity contribution is 5.86. The van der Waals surface area contributed by atoms with Crippen LogP contribution in [0.4, 0.5) is 0 Å². The Morgan fingerprint density at radius 2 is 2.13 bits per heavy atom. The minimum atomic E-state index is -0.456. The molecule has 0 saturated heterocycles. The van der Waals surface area contributed by atoms with Gasteiger partial charge in [0, 0.05) is 5.92 Å². The summed E-state index contributed by atoms with van der Waals surface area (Å²) in [6.45, 7) is 2.05. The summed E-state index contributed by atoms with van der Waals surface area (Å²) in [5.74, 6) is -0.197. The van der Waals surface area contributed by atoms with Crippen molar-refractivity contribution in [3.63, 3.8) is 0 Å². The van der Waals surface area contributed by atoms with Crippen molar-refractivity contribution in [2.75, 3.05) is 7.11 Å². The smallest absolute Gasteiger partial charge is 0.328 e. The van der Waals surface area contributed by atoms with Gasteiger partial charge < -0.3 is 10.1 Å². The molecule has 0 unspecified atom stereocenters. The molecule has 1 amide bonds. The molecule has 86 valence electrons. The van der Waals surface area contributed by atoms with E-state index in [9.17, 15) is 9.59 Å². The molecule has 1 fully saturated rings. The molecule has 0 radical (unpaired) electrons. The van der Waals surface area contributed by atoms with E-state index in [1.165, 1.54) is 7.11 Å². The molecule has 1 aliphatic rings. The fraction of sp³-hybridized carbons (Fsp3) is 0.818. The third-order valence-electron chi connectivity index (χ3n) is 2.60. The van der Waals surface area contributed by atoms with E-state index in [0.717, 1.165) is 25.7 Å². The van der Waals surface area contributed by atoms with Crippen LogP contribution >= 0.6 is 0 Å². The first-order valence-corrected chi connectivity index (χ1v) is 5.57. The Bertz CT molecular complexity index is 236. The van der Waals surface area contributed by atoms with Crippen LogP contribution in [0.5, 0.6) is 0 Å². The number of ether oxygens (including phenoxy) is 1. The zero-order valence-electron chi connectivity index (χ0n) is 9.41. The van der Waals surface area contributed by atoms with Crippen LogP contribution < -0.4 is 5.32 Å². The summed E-state index contributed by atoms with van der Waals surface area (Å²) in [5.41, 5.74) is 0. The normalized spacial score (nSPS) is 16.9. The fourth-order valence-electron chi connectivity index (χ4n) is 1.43. The molecule has 0 aromatic rings. The van der Waals surface area contributed by atoms with E-state index in [1.54, 1.807) is 0 Å². The van der Waals surface area contributed by atoms with Crippen LogP contribution in [0, 0.1) is 5.92 Å². The molecule has 0 spiro atoms. The fourth-order valence-corrected chi connectivity index (χ4v) is 1.43. The molecule has 0 bridgehead atoms. The third kappa shape index (κ3) is 3.90. The SMILES string of the molecule is CCCC[C@@H](NC(=O)C1CC1)C(=O)OC. The van der Waals surface area contributed by atoms with Gasteiger partial charge in [-0.15, -0.1) is 0 Å². The van der Waals surface area contributed by atoms with E-state index < -0.39 is 6.04 Å². The van der Waals surface area contributed by atoms with E-state index in [2.05, 4.69) is 17.0 Å². The van der Waals surface area contributed by atoms with E-state index in [-0.39, 0.29) is 17.8 Å². The minimum Gasteiger partial charge on any atom is -0.467 e. The molecule has 4 nitrogen and oxygen atoms in total. The Kier molecular flexibility index (Phi) is 4.59. The Morgan fingerprint density at radius 1 is 1.47 bits per heavy atom. The Morgan fingerprint density at radius 3 is 2.60 bits per heavy atom. The average molecular weight is 213 g/mol. The predicted octanol–water partition coefficient (Wildman–Crippen LogP) is 1.24. The molecule has 15 heavy (non-hydrogen) atoms. The number of hydrogen-bond acceptors (Lipinski definition) is 3. The lowest BCUT2D eigenvalue weighted by molar-refractivity contribution is -0.145. The zero-order valence-corrected chi connectivity index (χ0v) is 9.41. The highest BCUT2D eigenvalue weighted by Gasteiger charge is 2.32. The standard InChI is InChI=1S/C11H19NO3/c1-3-4-5-9(11(14)15-2)12-10(13)8-6-7-8/h8-9H,3-7H2,1-2H3,(H,12,13)/t9-/m1/s1. The van der Waals surface area contributed by atoms with Crippen LogP contribution in [0.15, 0.2) is 0 Å². The lowest BCUT2D eigenvalue weighted by atomic mass is 10.1. The summed E-state index contributed by atoms with van der Waals surface area (Å²) in [7, 11) is 1.35. The van der Waals surface area contributed by atoms with E-state index in [1.807, 2.05) is 0 Å². The number of esters is 1. The zero-order chi connectivity index (χ0) is 11.3. The second kappa shape index (κ2) is 5.73. The Hall–Kier alpha value is -1.06. The molecule has 0 aromatic carbocycles. The number of methoxy groups -OCH3 is 1. The number of nitrogens with one attached hydrogen (secondary N) is 1. The first-order chi connectivity index (χ1) is 7.19. The largest absolute Gasteiger partial charge is 0.467 e. The first-order valence-electron chi connectivity index (χ1n) is 5.57. The van der Waals surface area contributed by atoms with Gasteiger partial charge in [-0.3, -0.25) is 4.79 Å². The number of amides is 1. The van der Waals surface area contributed by atoms with Crippen molar-refractivity contribution in [1.29, 1.82) is 0 Å². The van der Waals surface area contributed by atoms with Gasteiger partial charge in [-0.25, -0.2) is 4.79 Å². The maximum atomic E-state index is 11.5. The van der Waals surface area contributed by atoms with Crippen LogP contribution in [-0.2, 0) is 14.3 Å². The van der Waals surface area contributed by atoms with Gasteiger partial charge in [0.05, 0.1) is 7.11 Å². The monoisotopic (exact) mass is 213 g/mol. The van der Waals surface area contributed by atoms with Gasteiger partial charge in [-0.05, 0) is 19.3 Å². The number of hydrogen-bond donors (Lipinski definition) is 1. The van der Waals surface area contributed by atoms with Gasteiger partial charge in [0.2, 0.25) is 5.91 Å². The Balaban J connectivity index is 2.39. The molecule has 4 heteroatoms. The molecular formula is C11H19NO3. The first kappa shape index (κ1) is 12.0. The van der Waals surface area contributed by atoms with Gasteiger partial charge in [0.15, 0.2) is 0 Å². The van der Waals surface area contributed by atoms with Crippen molar-refractivity contribution < 1.29 is 14.3 Å². The molecule has 1 rings (SSSR count).